The molecule has 152 valence electrons. The lowest BCUT2D eigenvalue weighted by Gasteiger charge is -2.17. The highest BCUT2D eigenvalue weighted by Crippen LogP contribution is 2.23. The molecule has 1 aromatic carbocycles. The van der Waals surface area contributed by atoms with E-state index in [-0.39, 0.29) is 23.3 Å². The summed E-state index contributed by atoms with van der Waals surface area (Å²) < 4.78 is 1.68. The van der Waals surface area contributed by atoms with Gasteiger partial charge in [0.25, 0.3) is 5.56 Å². The number of carbonyl (C=O) groups excluding carboxylic acids is 2. The quantitative estimate of drug-likeness (QED) is 0.448. The van der Waals surface area contributed by atoms with Gasteiger partial charge in [-0.2, -0.15) is 0 Å². The van der Waals surface area contributed by atoms with Gasteiger partial charge in [0.15, 0.2) is 5.16 Å². The van der Waals surface area contributed by atoms with Crippen LogP contribution in [0.2, 0.25) is 0 Å². The Morgan fingerprint density at radius 2 is 2.07 bits per heavy atom. The van der Waals surface area contributed by atoms with Gasteiger partial charge < -0.3 is 5.32 Å². The number of amides is 3. The fourth-order valence-corrected chi connectivity index (χ4v) is 4.66. The molecule has 1 N–H and O–H groups in total. The highest BCUT2D eigenvalue weighted by atomic mass is 32.2. The van der Waals surface area contributed by atoms with Crippen LogP contribution in [-0.2, 0) is 11.3 Å². The standard InChI is InChI=1S/C21H24N4O3S/c26-18(24-13-11-22-20(24)28)14-29-21-23-17-9-5-4-8-16(17)19(27)25(21)12-10-15-6-2-1-3-7-15/h4-6,8-9H,1-3,7,10-14H2,(H,22,28). The Bertz CT molecular complexity index is 1030. The average Bonchev–Trinajstić information content (AvgIpc) is 3.18. The van der Waals surface area contributed by atoms with Crippen LogP contribution in [0.3, 0.4) is 0 Å². The lowest BCUT2D eigenvalue weighted by Crippen LogP contribution is -2.35. The van der Waals surface area contributed by atoms with E-state index >= 15 is 0 Å². The molecule has 8 heteroatoms. The maximum absolute atomic E-state index is 13.1. The van der Waals surface area contributed by atoms with Crippen LogP contribution in [0, 0.1) is 0 Å². The first-order chi connectivity index (χ1) is 14.1. The molecule has 0 unspecified atom stereocenters. The van der Waals surface area contributed by atoms with Crippen molar-refractivity contribution in [1.82, 2.24) is 19.8 Å². The Morgan fingerprint density at radius 3 is 2.83 bits per heavy atom. The Balaban J connectivity index is 1.58. The second-order valence-electron chi connectivity index (χ2n) is 7.29. The van der Waals surface area contributed by atoms with Crippen LogP contribution < -0.4 is 10.9 Å². The number of urea groups is 1. The molecule has 2 aromatic rings. The van der Waals surface area contributed by atoms with Crippen LogP contribution in [0.5, 0.6) is 0 Å². The first-order valence-corrected chi connectivity index (χ1v) is 11.0. The van der Waals surface area contributed by atoms with E-state index in [1.807, 2.05) is 18.2 Å². The van der Waals surface area contributed by atoms with Crippen molar-refractivity contribution < 1.29 is 9.59 Å². The topological polar surface area (TPSA) is 84.3 Å². The SMILES string of the molecule is O=C(CSc1nc2ccccc2c(=O)n1CCC1=CCCCC1)N1CCNC1=O. The molecule has 3 amide bonds. The highest BCUT2D eigenvalue weighted by molar-refractivity contribution is 7.99. The van der Waals surface area contributed by atoms with Gasteiger partial charge in [-0.25, -0.2) is 9.78 Å². The van der Waals surface area contributed by atoms with Crippen LogP contribution in [0.25, 0.3) is 10.9 Å². The molecule has 7 nitrogen and oxygen atoms in total. The highest BCUT2D eigenvalue weighted by Gasteiger charge is 2.26. The third-order valence-corrected chi connectivity index (χ3v) is 6.31. The number of imide groups is 1. The van der Waals surface area contributed by atoms with Crippen molar-refractivity contribution in [3.8, 4) is 0 Å². The molecule has 0 atom stereocenters. The number of aromatic nitrogens is 2. The summed E-state index contributed by atoms with van der Waals surface area (Å²) in [5, 5.41) is 3.74. The van der Waals surface area contributed by atoms with Crippen molar-refractivity contribution >= 4 is 34.6 Å². The number of thioether (sulfide) groups is 1. The van der Waals surface area contributed by atoms with Gasteiger partial charge in [0.2, 0.25) is 5.91 Å². The fourth-order valence-electron chi connectivity index (χ4n) is 3.76. The van der Waals surface area contributed by atoms with E-state index in [1.54, 1.807) is 10.6 Å². The molecule has 4 rings (SSSR count). The van der Waals surface area contributed by atoms with Crippen LogP contribution in [0.1, 0.15) is 32.1 Å². The average molecular weight is 413 g/mol. The van der Waals surface area contributed by atoms with Gasteiger partial charge in [0.1, 0.15) is 0 Å². The molecule has 1 saturated heterocycles. The lowest BCUT2D eigenvalue weighted by molar-refractivity contribution is -0.124. The molecule has 0 bridgehead atoms. The summed E-state index contributed by atoms with van der Waals surface area (Å²) in [6.45, 7) is 1.40. The Morgan fingerprint density at radius 1 is 1.21 bits per heavy atom. The van der Waals surface area contributed by atoms with Crippen molar-refractivity contribution in [3.63, 3.8) is 0 Å². The predicted octanol–water partition coefficient (Wildman–Crippen LogP) is 2.93. The first-order valence-electron chi connectivity index (χ1n) is 10.0. The predicted molar refractivity (Wildman–Crippen MR) is 113 cm³/mol. The summed E-state index contributed by atoms with van der Waals surface area (Å²) in [5.41, 5.74) is 1.93. The molecule has 1 aromatic heterocycles. The summed E-state index contributed by atoms with van der Waals surface area (Å²) in [6, 6.07) is 6.92. The molecular weight excluding hydrogens is 388 g/mol. The molecule has 29 heavy (non-hydrogen) atoms. The molecular formula is C21H24N4O3S. The molecule has 1 aliphatic heterocycles. The van der Waals surface area contributed by atoms with E-state index in [1.165, 1.54) is 35.1 Å². The lowest BCUT2D eigenvalue weighted by atomic mass is 9.97. The minimum atomic E-state index is -0.358. The van der Waals surface area contributed by atoms with E-state index in [9.17, 15) is 14.4 Å². The zero-order chi connectivity index (χ0) is 20.2. The minimum Gasteiger partial charge on any atom is -0.336 e. The van der Waals surface area contributed by atoms with Gasteiger partial charge in [-0.15, -0.1) is 0 Å². The normalized spacial score (nSPS) is 16.8. The number of hydrogen-bond donors (Lipinski definition) is 1. The molecule has 0 spiro atoms. The van der Waals surface area contributed by atoms with Crippen LogP contribution >= 0.6 is 11.8 Å². The third kappa shape index (κ3) is 4.37. The Hall–Kier alpha value is -2.61. The smallest absolute Gasteiger partial charge is 0.324 e. The summed E-state index contributed by atoms with van der Waals surface area (Å²) in [7, 11) is 0. The molecule has 0 radical (unpaired) electrons. The molecule has 1 aliphatic carbocycles. The number of nitrogens with one attached hydrogen (secondary N) is 1. The number of benzene rings is 1. The number of rotatable bonds is 6. The van der Waals surface area contributed by atoms with Gasteiger partial charge >= 0.3 is 6.03 Å². The van der Waals surface area contributed by atoms with Gasteiger partial charge in [-0.1, -0.05) is 35.5 Å². The maximum atomic E-state index is 13.1. The van der Waals surface area contributed by atoms with Crippen molar-refractivity contribution in [2.24, 2.45) is 0 Å². The van der Waals surface area contributed by atoms with E-state index in [2.05, 4.69) is 16.4 Å². The number of allylic oxidation sites excluding steroid dienone is 2. The van der Waals surface area contributed by atoms with Crippen molar-refractivity contribution in [3.05, 3.63) is 46.3 Å². The number of para-hydroxylation sites is 1. The van der Waals surface area contributed by atoms with E-state index in [0.29, 0.717) is 35.7 Å². The zero-order valence-corrected chi connectivity index (χ0v) is 17.0. The van der Waals surface area contributed by atoms with Crippen molar-refractivity contribution in [2.45, 2.75) is 43.8 Å². The number of carbonyl (C=O) groups is 2. The molecule has 2 aliphatic rings. The van der Waals surface area contributed by atoms with E-state index in [0.717, 1.165) is 19.3 Å². The second kappa shape index (κ2) is 8.82. The minimum absolute atomic E-state index is 0.0703. The van der Waals surface area contributed by atoms with Crippen LogP contribution in [0.4, 0.5) is 4.79 Å². The number of fused-ring (bicyclic) bond motifs is 1. The zero-order valence-electron chi connectivity index (χ0n) is 16.2. The van der Waals surface area contributed by atoms with Crippen molar-refractivity contribution in [2.75, 3.05) is 18.8 Å². The van der Waals surface area contributed by atoms with E-state index < -0.39 is 0 Å². The molecule has 0 saturated carbocycles. The number of hydrogen-bond acceptors (Lipinski definition) is 5. The monoisotopic (exact) mass is 412 g/mol. The summed E-state index contributed by atoms with van der Waals surface area (Å²) in [6.07, 6.45) is 7.72. The Kier molecular flexibility index (Phi) is 5.99. The van der Waals surface area contributed by atoms with Gasteiger partial charge in [-0.3, -0.25) is 19.1 Å². The number of nitrogens with zero attached hydrogens (tertiary/aromatic N) is 3. The van der Waals surface area contributed by atoms with Crippen LogP contribution in [0.15, 0.2) is 45.9 Å². The van der Waals surface area contributed by atoms with Crippen molar-refractivity contribution in [1.29, 1.82) is 0 Å². The first kappa shape index (κ1) is 19.7. The van der Waals surface area contributed by atoms with Gasteiger partial charge in [-0.05, 0) is 44.2 Å². The molecule has 1 fully saturated rings. The van der Waals surface area contributed by atoms with Crippen LogP contribution in [-0.4, -0.2) is 45.2 Å². The summed E-state index contributed by atoms with van der Waals surface area (Å²) >= 11 is 1.22. The third-order valence-electron chi connectivity index (χ3n) is 5.35. The van der Waals surface area contributed by atoms with Gasteiger partial charge in [0, 0.05) is 19.6 Å². The Labute approximate surface area is 173 Å². The maximum Gasteiger partial charge on any atom is 0.324 e. The largest absolute Gasteiger partial charge is 0.336 e. The summed E-state index contributed by atoms with van der Waals surface area (Å²) in [4.78, 5) is 43.1. The summed E-state index contributed by atoms with van der Waals surface area (Å²) in [5.74, 6) is -0.199. The molecule has 2 heterocycles. The second-order valence-corrected chi connectivity index (χ2v) is 8.23. The van der Waals surface area contributed by atoms with Gasteiger partial charge in [0.05, 0.1) is 16.7 Å². The fraction of sp³-hybridized carbons (Fsp3) is 0.429. The van der Waals surface area contributed by atoms with E-state index in [4.69, 9.17) is 0 Å².